The zero-order valence-electron chi connectivity index (χ0n) is 13.1. The lowest BCUT2D eigenvalue weighted by atomic mass is 10.0. The monoisotopic (exact) mass is 286 g/mol. The molecule has 3 heteroatoms. The third-order valence-corrected chi connectivity index (χ3v) is 3.55. The van der Waals surface area contributed by atoms with Crippen LogP contribution < -0.4 is 5.32 Å². The van der Waals surface area contributed by atoms with Crippen molar-refractivity contribution in [2.24, 2.45) is 0 Å². The summed E-state index contributed by atoms with van der Waals surface area (Å²) in [6.45, 7) is 6.99. The highest BCUT2D eigenvalue weighted by molar-refractivity contribution is 5.78. The summed E-state index contributed by atoms with van der Waals surface area (Å²) < 4.78 is 5.64. The Morgan fingerprint density at radius 1 is 1.14 bits per heavy atom. The fraction of sp³-hybridized carbons (Fsp3) is 0.500. The summed E-state index contributed by atoms with van der Waals surface area (Å²) in [5.74, 6) is 0. The molecule has 2 rings (SSSR count). The normalized spacial score (nSPS) is 12.7. The average molecular weight is 286 g/mol. The van der Waals surface area contributed by atoms with Gasteiger partial charge >= 0.3 is 0 Å². The first-order valence-corrected chi connectivity index (χ1v) is 8.01. The van der Waals surface area contributed by atoms with Gasteiger partial charge in [0.15, 0.2) is 0 Å². The third-order valence-electron chi connectivity index (χ3n) is 3.55. The Balaban J connectivity index is 2.08. The number of benzene rings is 1. The van der Waals surface area contributed by atoms with Crippen molar-refractivity contribution in [2.75, 3.05) is 19.8 Å². The fourth-order valence-corrected chi connectivity index (χ4v) is 2.43. The summed E-state index contributed by atoms with van der Waals surface area (Å²) >= 11 is 0. The number of aromatic nitrogens is 1. The number of para-hydroxylation sites is 1. The topological polar surface area (TPSA) is 34.1 Å². The maximum absolute atomic E-state index is 5.64. The molecule has 0 saturated carbocycles. The van der Waals surface area contributed by atoms with Gasteiger partial charge in [-0.15, -0.1) is 0 Å². The SMILES string of the molecule is CCCNC(CCOCCC)c1cnc2ccccc2c1. The third kappa shape index (κ3) is 4.80. The molecule has 0 fully saturated rings. The van der Waals surface area contributed by atoms with Gasteiger partial charge in [0.1, 0.15) is 0 Å². The molecule has 114 valence electrons. The fourth-order valence-electron chi connectivity index (χ4n) is 2.43. The Labute approximate surface area is 127 Å². The maximum atomic E-state index is 5.64. The smallest absolute Gasteiger partial charge is 0.0702 e. The van der Waals surface area contributed by atoms with Crippen molar-refractivity contribution in [3.8, 4) is 0 Å². The molecule has 1 atom stereocenters. The van der Waals surface area contributed by atoms with Gasteiger partial charge in [-0.2, -0.15) is 0 Å². The Kier molecular flexibility index (Phi) is 6.64. The Hall–Kier alpha value is -1.45. The quantitative estimate of drug-likeness (QED) is 0.705. The predicted molar refractivity (Wildman–Crippen MR) is 88.5 cm³/mol. The van der Waals surface area contributed by atoms with Gasteiger partial charge in [-0.05, 0) is 43.5 Å². The van der Waals surface area contributed by atoms with E-state index in [4.69, 9.17) is 4.74 Å². The standard InChI is InChI=1S/C18H26N2O/c1-3-10-19-18(9-12-21-11-4-2)16-13-15-7-5-6-8-17(15)20-14-16/h5-8,13-14,18-19H,3-4,9-12H2,1-2H3. The van der Waals surface area contributed by atoms with E-state index in [-0.39, 0.29) is 0 Å². The summed E-state index contributed by atoms with van der Waals surface area (Å²) in [5, 5.41) is 4.81. The van der Waals surface area contributed by atoms with Crippen molar-refractivity contribution in [1.29, 1.82) is 0 Å². The minimum Gasteiger partial charge on any atom is -0.381 e. The predicted octanol–water partition coefficient (Wildman–Crippen LogP) is 4.09. The lowest BCUT2D eigenvalue weighted by Crippen LogP contribution is -2.23. The van der Waals surface area contributed by atoms with Crippen LogP contribution in [0, 0.1) is 0 Å². The zero-order valence-corrected chi connectivity index (χ0v) is 13.1. The van der Waals surface area contributed by atoms with Crippen LogP contribution in [0.1, 0.15) is 44.7 Å². The number of rotatable bonds is 9. The summed E-state index contributed by atoms with van der Waals surface area (Å²) in [6.07, 6.45) is 5.19. The van der Waals surface area contributed by atoms with Crippen LogP contribution in [-0.4, -0.2) is 24.7 Å². The number of ether oxygens (including phenoxy) is 1. The van der Waals surface area contributed by atoms with E-state index in [1.54, 1.807) is 0 Å². The van der Waals surface area contributed by atoms with Crippen LogP contribution in [-0.2, 0) is 4.74 Å². The van der Waals surface area contributed by atoms with E-state index in [0.717, 1.165) is 44.5 Å². The van der Waals surface area contributed by atoms with Crippen molar-refractivity contribution in [2.45, 2.75) is 39.2 Å². The van der Waals surface area contributed by atoms with Crippen LogP contribution in [0.25, 0.3) is 10.9 Å². The van der Waals surface area contributed by atoms with E-state index in [0.29, 0.717) is 6.04 Å². The van der Waals surface area contributed by atoms with Gasteiger partial charge < -0.3 is 10.1 Å². The summed E-state index contributed by atoms with van der Waals surface area (Å²) in [5.41, 5.74) is 2.31. The van der Waals surface area contributed by atoms with Gasteiger partial charge in [-0.25, -0.2) is 0 Å². The maximum Gasteiger partial charge on any atom is 0.0702 e. The molecule has 0 radical (unpaired) electrons. The number of nitrogens with zero attached hydrogens (tertiary/aromatic N) is 1. The molecule has 1 aromatic heterocycles. The van der Waals surface area contributed by atoms with E-state index >= 15 is 0 Å². The molecule has 0 aliphatic heterocycles. The van der Waals surface area contributed by atoms with E-state index in [9.17, 15) is 0 Å². The highest BCUT2D eigenvalue weighted by Gasteiger charge is 2.11. The molecule has 1 N–H and O–H groups in total. The van der Waals surface area contributed by atoms with E-state index in [1.165, 1.54) is 10.9 Å². The number of hydrogen-bond acceptors (Lipinski definition) is 3. The summed E-state index contributed by atoms with van der Waals surface area (Å²) in [7, 11) is 0. The van der Waals surface area contributed by atoms with Crippen LogP contribution in [0.15, 0.2) is 36.5 Å². The zero-order chi connectivity index (χ0) is 14.9. The molecule has 0 spiro atoms. The van der Waals surface area contributed by atoms with E-state index in [1.807, 2.05) is 12.3 Å². The van der Waals surface area contributed by atoms with Gasteiger partial charge in [0.05, 0.1) is 5.52 Å². The Morgan fingerprint density at radius 3 is 2.81 bits per heavy atom. The molecule has 0 aliphatic rings. The molecule has 0 saturated heterocycles. The second-order valence-electron chi connectivity index (χ2n) is 5.37. The highest BCUT2D eigenvalue weighted by Crippen LogP contribution is 2.20. The molecular weight excluding hydrogens is 260 g/mol. The minimum absolute atomic E-state index is 0.318. The lowest BCUT2D eigenvalue weighted by Gasteiger charge is -2.19. The molecule has 0 bridgehead atoms. The van der Waals surface area contributed by atoms with Gasteiger partial charge in [0.25, 0.3) is 0 Å². The largest absolute Gasteiger partial charge is 0.381 e. The minimum atomic E-state index is 0.318. The molecule has 1 unspecified atom stereocenters. The molecule has 1 aromatic carbocycles. The van der Waals surface area contributed by atoms with Crippen LogP contribution >= 0.6 is 0 Å². The number of fused-ring (bicyclic) bond motifs is 1. The number of pyridine rings is 1. The van der Waals surface area contributed by atoms with Gasteiger partial charge in [-0.1, -0.05) is 32.0 Å². The number of hydrogen-bond donors (Lipinski definition) is 1. The molecule has 1 heterocycles. The first-order chi connectivity index (χ1) is 10.3. The molecule has 0 amide bonds. The molecule has 0 aliphatic carbocycles. The first-order valence-electron chi connectivity index (χ1n) is 8.01. The van der Waals surface area contributed by atoms with Crippen molar-refractivity contribution in [1.82, 2.24) is 10.3 Å². The van der Waals surface area contributed by atoms with Crippen LogP contribution in [0.4, 0.5) is 0 Å². The first kappa shape index (κ1) is 15.9. The Bertz CT molecular complexity index is 541. The van der Waals surface area contributed by atoms with Gasteiger partial charge in [-0.3, -0.25) is 4.98 Å². The highest BCUT2D eigenvalue weighted by atomic mass is 16.5. The molecule has 21 heavy (non-hydrogen) atoms. The molecule has 2 aromatic rings. The lowest BCUT2D eigenvalue weighted by molar-refractivity contribution is 0.124. The van der Waals surface area contributed by atoms with E-state index in [2.05, 4.69) is 48.4 Å². The van der Waals surface area contributed by atoms with Crippen LogP contribution in [0.5, 0.6) is 0 Å². The second-order valence-corrected chi connectivity index (χ2v) is 5.37. The summed E-state index contributed by atoms with van der Waals surface area (Å²) in [6, 6.07) is 10.8. The summed E-state index contributed by atoms with van der Waals surface area (Å²) in [4.78, 5) is 4.57. The second kappa shape index (κ2) is 8.75. The van der Waals surface area contributed by atoms with Crippen LogP contribution in [0.3, 0.4) is 0 Å². The van der Waals surface area contributed by atoms with Gasteiger partial charge in [0.2, 0.25) is 0 Å². The van der Waals surface area contributed by atoms with Crippen molar-refractivity contribution in [3.05, 3.63) is 42.1 Å². The average Bonchev–Trinajstić information content (AvgIpc) is 2.54. The van der Waals surface area contributed by atoms with Gasteiger partial charge in [0, 0.05) is 30.8 Å². The Morgan fingerprint density at radius 2 is 2.00 bits per heavy atom. The van der Waals surface area contributed by atoms with Crippen molar-refractivity contribution >= 4 is 10.9 Å². The number of nitrogens with one attached hydrogen (secondary N) is 1. The molecular formula is C18H26N2O. The molecule has 3 nitrogen and oxygen atoms in total. The van der Waals surface area contributed by atoms with Crippen molar-refractivity contribution < 1.29 is 4.74 Å². The van der Waals surface area contributed by atoms with E-state index < -0.39 is 0 Å². The van der Waals surface area contributed by atoms with Crippen LogP contribution in [0.2, 0.25) is 0 Å². The van der Waals surface area contributed by atoms with Crippen molar-refractivity contribution in [3.63, 3.8) is 0 Å².